The minimum Gasteiger partial charge on any atom is -0.494 e. The Morgan fingerprint density at radius 3 is 2.38 bits per heavy atom. The number of hydrogen-bond donors (Lipinski definition) is 1. The van der Waals surface area contributed by atoms with Crippen LogP contribution in [0, 0.1) is 31.6 Å². The minimum atomic E-state index is -0.810. The van der Waals surface area contributed by atoms with Crippen molar-refractivity contribution in [2.45, 2.75) is 6.92 Å². The topological polar surface area (TPSA) is 158 Å². The van der Waals surface area contributed by atoms with Crippen LogP contribution in [0.3, 0.4) is 0 Å². The van der Waals surface area contributed by atoms with Crippen molar-refractivity contribution in [3.8, 4) is 23.3 Å². The number of rotatable bonds is 9. The highest BCUT2D eigenvalue weighted by Crippen LogP contribution is 2.41. The van der Waals surface area contributed by atoms with Gasteiger partial charge in [-0.15, -0.1) is 0 Å². The number of carbonyl (C=O) groups excluding carboxylic acids is 1. The Morgan fingerprint density at radius 1 is 1.08 bits per heavy atom. The van der Waals surface area contributed by atoms with Gasteiger partial charge >= 0.3 is 5.69 Å². The molecule has 188 valence electrons. The molecule has 1 N–H and O–H groups in total. The summed E-state index contributed by atoms with van der Waals surface area (Å²) in [5, 5.41) is 34.8. The Morgan fingerprint density at radius 2 is 1.78 bits per heavy atom. The Kier molecular flexibility index (Phi) is 8.94. The van der Waals surface area contributed by atoms with E-state index in [0.717, 1.165) is 18.2 Å². The molecule has 0 saturated carbocycles. The van der Waals surface area contributed by atoms with Gasteiger partial charge < -0.3 is 14.8 Å². The normalized spacial score (nSPS) is 10.8. The zero-order chi connectivity index (χ0) is 27.1. The first-order valence-electron chi connectivity index (χ1n) is 10.4. The number of nitro benzene ring substituents is 2. The summed E-state index contributed by atoms with van der Waals surface area (Å²) in [6, 6.07) is 14.5. The zero-order valence-corrected chi connectivity index (χ0v) is 22.1. The van der Waals surface area contributed by atoms with Crippen molar-refractivity contribution in [2.24, 2.45) is 0 Å². The molecule has 0 atom stereocenters. The molecule has 0 fully saturated rings. The minimum absolute atomic E-state index is 0.0433. The first-order chi connectivity index (χ1) is 17.6. The Bertz CT molecular complexity index is 1450. The van der Waals surface area contributed by atoms with Crippen LogP contribution in [0.1, 0.15) is 12.5 Å². The molecule has 0 aliphatic rings. The van der Waals surface area contributed by atoms with Crippen molar-refractivity contribution in [3.05, 3.63) is 94.9 Å². The Labute approximate surface area is 226 Å². The van der Waals surface area contributed by atoms with Gasteiger partial charge in [0.2, 0.25) is 5.75 Å². The summed E-state index contributed by atoms with van der Waals surface area (Å²) >= 11 is 6.64. The van der Waals surface area contributed by atoms with E-state index in [4.69, 9.17) is 9.47 Å². The van der Waals surface area contributed by atoms with Gasteiger partial charge in [0.1, 0.15) is 23.1 Å². The Balaban J connectivity index is 1.98. The highest BCUT2D eigenvalue weighted by molar-refractivity contribution is 9.11. The highest BCUT2D eigenvalue weighted by Gasteiger charge is 2.23. The Hall–Kier alpha value is -4.28. The third kappa shape index (κ3) is 6.90. The summed E-state index contributed by atoms with van der Waals surface area (Å²) in [5.74, 6) is -0.305. The molecule has 0 heterocycles. The second kappa shape index (κ2) is 12.1. The number of nitriles is 1. The maximum absolute atomic E-state index is 12.8. The van der Waals surface area contributed by atoms with E-state index in [0.29, 0.717) is 27.0 Å². The SMILES string of the molecule is CCOc1ccc(NC(=O)/C(C#N)=C/c2cc(Br)cc(Br)c2Oc2ccc([N+](=O)[O-])cc2[N+](=O)[O-])cc1. The lowest BCUT2D eigenvalue weighted by Gasteiger charge is -2.13. The fourth-order valence-electron chi connectivity index (χ4n) is 3.06. The summed E-state index contributed by atoms with van der Waals surface area (Å²) < 4.78 is 12.0. The van der Waals surface area contributed by atoms with Crippen LogP contribution in [0.5, 0.6) is 17.2 Å². The number of ether oxygens (including phenoxy) is 2. The molecule has 13 heteroatoms. The molecule has 3 rings (SSSR count). The number of nitro groups is 2. The number of hydrogen-bond acceptors (Lipinski definition) is 8. The molecular weight excluding hydrogens is 616 g/mol. The fourth-order valence-corrected chi connectivity index (χ4v) is 4.40. The number of carbonyl (C=O) groups is 1. The number of halogens is 2. The lowest BCUT2D eigenvalue weighted by atomic mass is 10.1. The second-order valence-electron chi connectivity index (χ2n) is 7.16. The van der Waals surface area contributed by atoms with Gasteiger partial charge in [0.15, 0.2) is 0 Å². The van der Waals surface area contributed by atoms with Crippen LogP contribution in [0.25, 0.3) is 6.08 Å². The molecule has 0 saturated heterocycles. The average Bonchev–Trinajstić information content (AvgIpc) is 2.85. The predicted molar refractivity (Wildman–Crippen MR) is 141 cm³/mol. The van der Waals surface area contributed by atoms with Crippen molar-refractivity contribution in [1.82, 2.24) is 0 Å². The lowest BCUT2D eigenvalue weighted by molar-refractivity contribution is -0.394. The maximum atomic E-state index is 12.8. The van der Waals surface area contributed by atoms with E-state index in [1.807, 2.05) is 13.0 Å². The summed E-state index contributed by atoms with van der Waals surface area (Å²) in [6.45, 7) is 2.33. The summed E-state index contributed by atoms with van der Waals surface area (Å²) in [7, 11) is 0. The zero-order valence-electron chi connectivity index (χ0n) is 18.9. The van der Waals surface area contributed by atoms with Crippen LogP contribution in [0.4, 0.5) is 17.1 Å². The van der Waals surface area contributed by atoms with Gasteiger partial charge in [-0.1, -0.05) is 15.9 Å². The van der Waals surface area contributed by atoms with Crippen molar-refractivity contribution in [3.63, 3.8) is 0 Å². The molecule has 0 bridgehead atoms. The van der Waals surface area contributed by atoms with E-state index in [1.165, 1.54) is 6.08 Å². The van der Waals surface area contributed by atoms with Gasteiger partial charge in [-0.25, -0.2) is 0 Å². The molecule has 37 heavy (non-hydrogen) atoms. The molecule has 0 aliphatic carbocycles. The van der Waals surface area contributed by atoms with Crippen LogP contribution in [0.15, 0.2) is 69.1 Å². The molecule has 3 aromatic carbocycles. The van der Waals surface area contributed by atoms with Crippen molar-refractivity contribution in [1.29, 1.82) is 5.26 Å². The van der Waals surface area contributed by atoms with E-state index in [1.54, 1.807) is 36.4 Å². The maximum Gasteiger partial charge on any atom is 0.318 e. The third-order valence-corrected chi connectivity index (χ3v) is 5.73. The molecule has 0 aromatic heterocycles. The van der Waals surface area contributed by atoms with E-state index in [-0.39, 0.29) is 22.6 Å². The summed E-state index contributed by atoms with van der Waals surface area (Å²) in [6.07, 6.45) is 1.26. The predicted octanol–water partition coefficient (Wildman–Crippen LogP) is 6.76. The van der Waals surface area contributed by atoms with E-state index in [2.05, 4.69) is 37.2 Å². The van der Waals surface area contributed by atoms with Crippen LogP contribution in [0.2, 0.25) is 0 Å². The van der Waals surface area contributed by atoms with E-state index in [9.17, 15) is 30.3 Å². The smallest absolute Gasteiger partial charge is 0.318 e. The lowest BCUT2D eigenvalue weighted by Crippen LogP contribution is -2.13. The van der Waals surface area contributed by atoms with E-state index < -0.39 is 27.1 Å². The molecule has 3 aromatic rings. The number of benzene rings is 3. The first-order valence-corrected chi connectivity index (χ1v) is 12.0. The number of nitrogens with zero attached hydrogens (tertiary/aromatic N) is 3. The molecule has 1 amide bonds. The van der Waals surface area contributed by atoms with Crippen LogP contribution >= 0.6 is 31.9 Å². The van der Waals surface area contributed by atoms with Gasteiger partial charge in [0.25, 0.3) is 11.6 Å². The molecule has 11 nitrogen and oxygen atoms in total. The second-order valence-corrected chi connectivity index (χ2v) is 8.93. The van der Waals surface area contributed by atoms with E-state index >= 15 is 0 Å². The molecular formula is C24H16Br2N4O7. The van der Waals surface area contributed by atoms with Crippen LogP contribution in [-0.4, -0.2) is 22.4 Å². The number of anilines is 1. The average molecular weight is 632 g/mol. The molecule has 0 unspecified atom stereocenters. The van der Waals surface area contributed by atoms with Gasteiger partial charge in [-0.3, -0.25) is 25.0 Å². The largest absolute Gasteiger partial charge is 0.494 e. The number of amides is 1. The summed E-state index contributed by atoms with van der Waals surface area (Å²) in [5.41, 5.74) is -0.725. The quantitative estimate of drug-likeness (QED) is 0.117. The van der Waals surface area contributed by atoms with Crippen molar-refractivity contribution in [2.75, 3.05) is 11.9 Å². The van der Waals surface area contributed by atoms with Crippen LogP contribution < -0.4 is 14.8 Å². The van der Waals surface area contributed by atoms with Crippen molar-refractivity contribution < 1.29 is 24.1 Å². The number of nitrogens with one attached hydrogen (secondary N) is 1. The molecule has 0 spiro atoms. The summed E-state index contributed by atoms with van der Waals surface area (Å²) in [4.78, 5) is 33.8. The number of non-ortho nitro benzene ring substituents is 1. The third-order valence-electron chi connectivity index (χ3n) is 4.69. The first kappa shape index (κ1) is 27.3. The highest BCUT2D eigenvalue weighted by atomic mass is 79.9. The van der Waals surface area contributed by atoms with Gasteiger partial charge in [0.05, 0.1) is 27.0 Å². The molecule has 0 aliphatic heterocycles. The van der Waals surface area contributed by atoms with Gasteiger partial charge in [0, 0.05) is 21.8 Å². The van der Waals surface area contributed by atoms with Gasteiger partial charge in [-0.05, 0) is 71.4 Å². The fraction of sp³-hybridized carbons (Fsp3) is 0.0833. The monoisotopic (exact) mass is 630 g/mol. The van der Waals surface area contributed by atoms with Crippen LogP contribution in [-0.2, 0) is 4.79 Å². The standard InChI is InChI=1S/C24H16Br2N4O7/c1-2-36-19-6-3-17(4-7-19)28-24(31)15(13-27)9-14-10-16(25)11-20(26)23(14)37-22-8-5-18(29(32)33)12-21(22)30(34)35/h3-12H,2H2,1H3,(H,28,31)/b15-9+. The molecule has 0 radical (unpaired) electrons. The van der Waals surface area contributed by atoms with Gasteiger partial charge in [-0.2, -0.15) is 5.26 Å². The van der Waals surface area contributed by atoms with Crippen molar-refractivity contribution >= 4 is 60.9 Å².